The second-order valence-corrected chi connectivity index (χ2v) is 8.27. The van der Waals surface area contributed by atoms with E-state index in [1.807, 2.05) is 0 Å². The zero-order valence-corrected chi connectivity index (χ0v) is 13.1. The second-order valence-electron chi connectivity index (χ2n) is 7.35. The van der Waals surface area contributed by atoms with Gasteiger partial charge in [0.15, 0.2) is 0 Å². The normalized spacial score (nSPS) is 34.8. The Balaban J connectivity index is 1.74. The molecular formula is C16H21N3S. The van der Waals surface area contributed by atoms with Crippen LogP contribution in [0.3, 0.4) is 0 Å². The molecule has 3 nitrogen and oxygen atoms in total. The van der Waals surface area contributed by atoms with Crippen molar-refractivity contribution in [2.24, 2.45) is 16.7 Å². The first-order valence-electron chi connectivity index (χ1n) is 7.45. The van der Waals surface area contributed by atoms with Gasteiger partial charge in [-0.25, -0.2) is 9.97 Å². The summed E-state index contributed by atoms with van der Waals surface area (Å²) >= 11 is 1.73. The van der Waals surface area contributed by atoms with Gasteiger partial charge >= 0.3 is 0 Å². The van der Waals surface area contributed by atoms with Crippen LogP contribution in [-0.4, -0.2) is 16.0 Å². The van der Waals surface area contributed by atoms with Crippen molar-refractivity contribution in [3.05, 3.63) is 17.8 Å². The van der Waals surface area contributed by atoms with Crippen molar-refractivity contribution in [3.63, 3.8) is 0 Å². The molecule has 2 aromatic heterocycles. The summed E-state index contributed by atoms with van der Waals surface area (Å²) in [4.78, 5) is 8.85. The molecule has 0 amide bonds. The van der Waals surface area contributed by atoms with E-state index >= 15 is 0 Å². The maximum Gasteiger partial charge on any atom is 0.147 e. The summed E-state index contributed by atoms with van der Waals surface area (Å²) in [6.45, 7) is 7.30. The summed E-state index contributed by atoms with van der Waals surface area (Å²) in [6, 6.07) is 2.58. The van der Waals surface area contributed by atoms with E-state index in [0.29, 0.717) is 16.9 Å². The lowest BCUT2D eigenvalue weighted by atomic mass is 9.68. The number of anilines is 1. The van der Waals surface area contributed by atoms with E-state index in [1.165, 1.54) is 24.0 Å². The highest BCUT2D eigenvalue weighted by molar-refractivity contribution is 7.17. The highest BCUT2D eigenvalue weighted by Crippen LogP contribution is 2.63. The molecule has 2 fully saturated rings. The molecule has 3 unspecified atom stereocenters. The van der Waals surface area contributed by atoms with Crippen molar-refractivity contribution in [1.82, 2.24) is 9.97 Å². The van der Waals surface area contributed by atoms with Crippen molar-refractivity contribution in [2.75, 3.05) is 5.32 Å². The van der Waals surface area contributed by atoms with E-state index in [9.17, 15) is 0 Å². The van der Waals surface area contributed by atoms with E-state index in [4.69, 9.17) is 0 Å². The van der Waals surface area contributed by atoms with Crippen LogP contribution in [0.25, 0.3) is 10.2 Å². The van der Waals surface area contributed by atoms with Gasteiger partial charge in [-0.15, -0.1) is 11.3 Å². The zero-order valence-electron chi connectivity index (χ0n) is 12.3. The molecule has 0 aliphatic heterocycles. The van der Waals surface area contributed by atoms with Gasteiger partial charge in [-0.2, -0.15) is 0 Å². The first-order valence-corrected chi connectivity index (χ1v) is 8.33. The number of fused-ring (bicyclic) bond motifs is 3. The van der Waals surface area contributed by atoms with E-state index in [2.05, 4.69) is 47.5 Å². The Morgan fingerprint density at radius 1 is 1.30 bits per heavy atom. The van der Waals surface area contributed by atoms with Crippen molar-refractivity contribution >= 4 is 27.4 Å². The smallest absolute Gasteiger partial charge is 0.147 e. The van der Waals surface area contributed by atoms with Gasteiger partial charge in [0.1, 0.15) is 12.1 Å². The molecule has 2 bridgehead atoms. The van der Waals surface area contributed by atoms with Crippen molar-refractivity contribution in [3.8, 4) is 0 Å². The third-order valence-corrected chi connectivity index (χ3v) is 6.70. The summed E-state index contributed by atoms with van der Waals surface area (Å²) < 4.78 is 1.19. The first-order chi connectivity index (χ1) is 9.51. The Bertz CT molecular complexity index is 658. The molecule has 2 aliphatic carbocycles. The quantitative estimate of drug-likeness (QED) is 0.894. The first kappa shape index (κ1) is 12.6. The summed E-state index contributed by atoms with van der Waals surface area (Å²) in [6.07, 6.45) is 5.77. The number of rotatable bonds is 2. The molecule has 1 N–H and O–H groups in total. The van der Waals surface area contributed by atoms with Crippen molar-refractivity contribution < 1.29 is 0 Å². The third kappa shape index (κ3) is 1.57. The largest absolute Gasteiger partial charge is 0.365 e. The Hall–Kier alpha value is -1.16. The van der Waals surface area contributed by atoms with Crippen LogP contribution >= 0.6 is 11.3 Å². The van der Waals surface area contributed by atoms with Crippen LogP contribution < -0.4 is 5.32 Å². The van der Waals surface area contributed by atoms with Crippen LogP contribution in [0.2, 0.25) is 0 Å². The molecule has 4 heteroatoms. The molecule has 2 saturated carbocycles. The SMILES string of the molecule is CC12CCC(C1)C(C)(C)C2Nc1ncnc2ccsc12. The van der Waals surface area contributed by atoms with Crippen LogP contribution in [0.1, 0.15) is 40.0 Å². The molecule has 2 aromatic rings. The van der Waals surface area contributed by atoms with Gasteiger partial charge < -0.3 is 5.32 Å². The monoisotopic (exact) mass is 287 g/mol. The number of thiophene rings is 1. The molecule has 3 atom stereocenters. The van der Waals surface area contributed by atoms with Gasteiger partial charge in [0.25, 0.3) is 0 Å². The van der Waals surface area contributed by atoms with Gasteiger partial charge in [0, 0.05) is 6.04 Å². The summed E-state index contributed by atoms with van der Waals surface area (Å²) in [5.41, 5.74) is 1.82. The second kappa shape index (κ2) is 3.94. The Kier molecular flexibility index (Phi) is 2.48. The van der Waals surface area contributed by atoms with Gasteiger partial charge in [-0.3, -0.25) is 0 Å². The minimum Gasteiger partial charge on any atom is -0.365 e. The van der Waals surface area contributed by atoms with Crippen LogP contribution in [0.5, 0.6) is 0 Å². The van der Waals surface area contributed by atoms with E-state index < -0.39 is 0 Å². The molecule has 0 saturated heterocycles. The minimum absolute atomic E-state index is 0.349. The molecular weight excluding hydrogens is 266 g/mol. The predicted octanol–water partition coefficient (Wildman–Crippen LogP) is 4.32. The average molecular weight is 287 g/mol. The van der Waals surface area contributed by atoms with Crippen LogP contribution in [0.15, 0.2) is 17.8 Å². The van der Waals surface area contributed by atoms with E-state index in [0.717, 1.165) is 17.3 Å². The van der Waals surface area contributed by atoms with Crippen molar-refractivity contribution in [1.29, 1.82) is 0 Å². The zero-order chi connectivity index (χ0) is 14.0. The Morgan fingerprint density at radius 2 is 2.15 bits per heavy atom. The van der Waals surface area contributed by atoms with Gasteiger partial charge in [0.05, 0.1) is 10.2 Å². The molecule has 0 radical (unpaired) electrons. The molecule has 106 valence electrons. The standard InChI is InChI=1S/C16H21N3S/c1-15(2)10-4-6-16(3,8-10)14(15)19-13-12-11(5-7-20-12)17-9-18-13/h5,7,9-10,14H,4,6,8H2,1-3H3,(H,17,18,19). The summed E-state index contributed by atoms with van der Waals surface area (Å²) in [7, 11) is 0. The Labute approximate surface area is 123 Å². The lowest BCUT2D eigenvalue weighted by Gasteiger charge is -2.43. The summed E-state index contributed by atoms with van der Waals surface area (Å²) in [5.74, 6) is 1.88. The lowest BCUT2D eigenvalue weighted by Crippen LogP contribution is -2.46. The third-order valence-electron chi connectivity index (χ3n) is 5.79. The maximum atomic E-state index is 4.51. The topological polar surface area (TPSA) is 37.8 Å². The van der Waals surface area contributed by atoms with Crippen LogP contribution in [-0.2, 0) is 0 Å². The van der Waals surface area contributed by atoms with Crippen LogP contribution in [0, 0.1) is 16.7 Å². The minimum atomic E-state index is 0.349. The lowest BCUT2D eigenvalue weighted by molar-refractivity contribution is 0.155. The number of aromatic nitrogens is 2. The van der Waals surface area contributed by atoms with Crippen molar-refractivity contribution in [2.45, 2.75) is 46.1 Å². The Morgan fingerprint density at radius 3 is 2.90 bits per heavy atom. The molecule has 20 heavy (non-hydrogen) atoms. The van der Waals surface area contributed by atoms with Crippen LogP contribution in [0.4, 0.5) is 5.82 Å². The number of hydrogen-bond donors (Lipinski definition) is 1. The van der Waals surface area contributed by atoms with E-state index in [-0.39, 0.29) is 0 Å². The van der Waals surface area contributed by atoms with Gasteiger partial charge in [-0.05, 0) is 47.5 Å². The fourth-order valence-electron chi connectivity index (χ4n) is 4.69. The predicted molar refractivity (Wildman–Crippen MR) is 84.1 cm³/mol. The van der Waals surface area contributed by atoms with Gasteiger partial charge in [0.2, 0.25) is 0 Å². The van der Waals surface area contributed by atoms with E-state index in [1.54, 1.807) is 17.7 Å². The molecule has 0 spiro atoms. The fraction of sp³-hybridized carbons (Fsp3) is 0.625. The molecule has 2 aliphatic rings. The average Bonchev–Trinajstić information content (AvgIpc) is 3.05. The molecule has 0 aromatic carbocycles. The van der Waals surface area contributed by atoms with Gasteiger partial charge in [-0.1, -0.05) is 20.8 Å². The highest BCUT2D eigenvalue weighted by atomic mass is 32.1. The fourth-order valence-corrected chi connectivity index (χ4v) is 5.49. The molecule has 4 rings (SSSR count). The number of nitrogens with zero attached hydrogens (tertiary/aromatic N) is 2. The maximum absolute atomic E-state index is 4.51. The highest BCUT2D eigenvalue weighted by Gasteiger charge is 2.59. The number of nitrogens with one attached hydrogen (secondary N) is 1. The number of hydrogen-bond acceptors (Lipinski definition) is 4. The summed E-state index contributed by atoms with van der Waals surface area (Å²) in [5, 5.41) is 5.89. The molecule has 2 heterocycles.